The van der Waals surface area contributed by atoms with E-state index in [0.717, 1.165) is 13.0 Å². The third-order valence-corrected chi connectivity index (χ3v) is 4.17. The van der Waals surface area contributed by atoms with Crippen LogP contribution in [0.5, 0.6) is 0 Å². The van der Waals surface area contributed by atoms with E-state index in [1.165, 1.54) is 0 Å². The van der Waals surface area contributed by atoms with E-state index in [-0.39, 0.29) is 18.0 Å². The fourth-order valence-electron chi connectivity index (χ4n) is 3.16. The number of ether oxygens (including phenoxy) is 2. The first-order valence-corrected chi connectivity index (χ1v) is 7.64. The number of hydrogen-bond donors (Lipinski definition) is 1. The number of esters is 1. The molecule has 0 spiro atoms. The molecule has 0 aromatic carbocycles. The highest BCUT2D eigenvalue weighted by molar-refractivity contribution is 5.80. The number of nitrogens with zero attached hydrogens (tertiary/aromatic N) is 1. The third-order valence-electron chi connectivity index (χ3n) is 4.17. The van der Waals surface area contributed by atoms with Crippen LogP contribution in [0, 0.1) is 11.3 Å². The summed E-state index contributed by atoms with van der Waals surface area (Å²) in [5.41, 5.74) is -1.15. The van der Waals surface area contributed by atoms with Crippen molar-refractivity contribution in [3.05, 3.63) is 0 Å². The van der Waals surface area contributed by atoms with Gasteiger partial charge in [-0.05, 0) is 46.6 Å². The van der Waals surface area contributed by atoms with Crippen molar-refractivity contribution in [1.29, 1.82) is 0 Å². The summed E-state index contributed by atoms with van der Waals surface area (Å²) in [6, 6.07) is 0. The Morgan fingerprint density at radius 3 is 2.71 bits per heavy atom. The molecule has 1 N–H and O–H groups in total. The first-order chi connectivity index (χ1) is 9.78. The average molecular weight is 298 g/mol. The number of carbonyl (C=O) groups excluding carboxylic acids is 2. The molecule has 2 fully saturated rings. The molecule has 2 heterocycles. The Morgan fingerprint density at radius 1 is 1.38 bits per heavy atom. The monoisotopic (exact) mass is 298 g/mol. The van der Waals surface area contributed by atoms with E-state index in [9.17, 15) is 9.59 Å². The molecule has 2 saturated heterocycles. The largest absolute Gasteiger partial charge is 0.465 e. The van der Waals surface area contributed by atoms with E-state index in [4.69, 9.17) is 9.47 Å². The standard InChI is InChI=1S/C15H26N2O4/c1-5-20-12(18)15-9-16-8-11(15)6-7-17(10-15)13(19)21-14(2,3)4/h11,16H,5-10H2,1-4H3/t11-,15+/m0/s1. The van der Waals surface area contributed by atoms with Gasteiger partial charge < -0.3 is 19.7 Å². The smallest absolute Gasteiger partial charge is 0.410 e. The van der Waals surface area contributed by atoms with E-state index in [2.05, 4.69) is 5.32 Å². The van der Waals surface area contributed by atoms with Crippen LogP contribution >= 0.6 is 0 Å². The molecule has 0 saturated carbocycles. The van der Waals surface area contributed by atoms with Crippen LogP contribution in [0.4, 0.5) is 4.79 Å². The molecule has 2 rings (SSSR count). The molecule has 120 valence electrons. The van der Waals surface area contributed by atoms with Crippen molar-refractivity contribution in [2.75, 3.05) is 32.8 Å². The minimum absolute atomic E-state index is 0.201. The second-order valence-electron chi connectivity index (χ2n) is 6.90. The van der Waals surface area contributed by atoms with Crippen LogP contribution in [-0.4, -0.2) is 55.3 Å². The predicted octanol–water partition coefficient (Wildman–Crippen LogP) is 1.40. The van der Waals surface area contributed by atoms with Gasteiger partial charge in [-0.25, -0.2) is 4.79 Å². The molecule has 6 nitrogen and oxygen atoms in total. The van der Waals surface area contributed by atoms with E-state index < -0.39 is 11.0 Å². The normalized spacial score (nSPS) is 29.0. The molecule has 21 heavy (non-hydrogen) atoms. The topological polar surface area (TPSA) is 67.9 Å². The Labute approximate surface area is 126 Å². The van der Waals surface area contributed by atoms with Crippen LogP contribution in [0.25, 0.3) is 0 Å². The van der Waals surface area contributed by atoms with Crippen LogP contribution in [0.1, 0.15) is 34.1 Å². The zero-order valence-electron chi connectivity index (χ0n) is 13.4. The summed E-state index contributed by atoms with van der Waals surface area (Å²) in [5, 5.41) is 3.27. The molecule has 0 aromatic heterocycles. The minimum Gasteiger partial charge on any atom is -0.465 e. The first-order valence-electron chi connectivity index (χ1n) is 7.64. The molecule has 2 aliphatic heterocycles. The van der Waals surface area contributed by atoms with Crippen molar-refractivity contribution < 1.29 is 19.1 Å². The van der Waals surface area contributed by atoms with Crippen LogP contribution in [-0.2, 0) is 14.3 Å². The number of fused-ring (bicyclic) bond motifs is 1. The maximum absolute atomic E-state index is 12.4. The highest BCUT2D eigenvalue weighted by atomic mass is 16.6. The lowest BCUT2D eigenvalue weighted by molar-refractivity contribution is -0.160. The Hall–Kier alpha value is -1.30. The van der Waals surface area contributed by atoms with Crippen molar-refractivity contribution in [3.8, 4) is 0 Å². The van der Waals surface area contributed by atoms with Gasteiger partial charge in [-0.1, -0.05) is 0 Å². The summed E-state index contributed by atoms with van der Waals surface area (Å²) in [5.74, 6) is 0.0310. The minimum atomic E-state index is -0.620. The van der Waals surface area contributed by atoms with Gasteiger partial charge in [0.05, 0.1) is 6.61 Å². The van der Waals surface area contributed by atoms with Gasteiger partial charge in [0.25, 0.3) is 0 Å². The van der Waals surface area contributed by atoms with Crippen molar-refractivity contribution in [1.82, 2.24) is 10.2 Å². The van der Waals surface area contributed by atoms with Crippen LogP contribution < -0.4 is 5.32 Å². The van der Waals surface area contributed by atoms with Crippen LogP contribution in [0.3, 0.4) is 0 Å². The highest BCUT2D eigenvalue weighted by Gasteiger charge is 2.54. The SMILES string of the molecule is CCOC(=O)[C@@]12CNC[C@@H]1CCN(C(=O)OC(C)(C)C)C2. The number of likely N-dealkylation sites (tertiary alicyclic amines) is 1. The summed E-state index contributed by atoms with van der Waals surface area (Å²) in [7, 11) is 0. The molecule has 2 aliphatic rings. The molecular weight excluding hydrogens is 272 g/mol. The van der Waals surface area contributed by atoms with E-state index in [1.54, 1.807) is 11.8 Å². The van der Waals surface area contributed by atoms with Crippen molar-refractivity contribution in [3.63, 3.8) is 0 Å². The molecule has 0 radical (unpaired) electrons. The molecule has 0 aromatic rings. The van der Waals surface area contributed by atoms with Crippen molar-refractivity contribution >= 4 is 12.1 Å². The lowest BCUT2D eigenvalue weighted by Crippen LogP contribution is -2.55. The van der Waals surface area contributed by atoms with Gasteiger partial charge in [-0.15, -0.1) is 0 Å². The Balaban J connectivity index is 2.12. The molecule has 0 bridgehead atoms. The van der Waals surface area contributed by atoms with E-state index in [1.807, 2.05) is 20.8 Å². The van der Waals surface area contributed by atoms with Gasteiger partial charge in [0.15, 0.2) is 0 Å². The van der Waals surface area contributed by atoms with Gasteiger partial charge in [0.1, 0.15) is 11.0 Å². The van der Waals surface area contributed by atoms with Gasteiger partial charge >= 0.3 is 12.1 Å². The number of carbonyl (C=O) groups is 2. The van der Waals surface area contributed by atoms with Crippen LogP contribution in [0.15, 0.2) is 0 Å². The number of piperidine rings is 1. The number of rotatable bonds is 2. The Bertz CT molecular complexity index is 418. The Kier molecular flexibility index (Phi) is 4.46. The average Bonchev–Trinajstić information content (AvgIpc) is 2.80. The van der Waals surface area contributed by atoms with Crippen molar-refractivity contribution in [2.45, 2.75) is 39.7 Å². The molecule has 6 heteroatoms. The zero-order chi connectivity index (χ0) is 15.7. The molecule has 1 amide bonds. The fraction of sp³-hybridized carbons (Fsp3) is 0.867. The van der Waals surface area contributed by atoms with Crippen molar-refractivity contribution in [2.24, 2.45) is 11.3 Å². The molecule has 0 aliphatic carbocycles. The predicted molar refractivity (Wildman–Crippen MR) is 77.8 cm³/mol. The molecular formula is C15H26N2O4. The lowest BCUT2D eigenvalue weighted by atomic mass is 9.73. The van der Waals surface area contributed by atoms with E-state index in [0.29, 0.717) is 26.2 Å². The number of nitrogens with one attached hydrogen (secondary N) is 1. The van der Waals surface area contributed by atoms with Crippen LogP contribution in [0.2, 0.25) is 0 Å². The Morgan fingerprint density at radius 2 is 2.10 bits per heavy atom. The summed E-state index contributed by atoms with van der Waals surface area (Å²) in [6.45, 7) is 10.1. The maximum Gasteiger partial charge on any atom is 0.410 e. The second kappa shape index (κ2) is 5.83. The highest BCUT2D eigenvalue weighted by Crippen LogP contribution is 2.40. The number of hydrogen-bond acceptors (Lipinski definition) is 5. The van der Waals surface area contributed by atoms with Gasteiger partial charge in [0, 0.05) is 19.6 Å². The quantitative estimate of drug-likeness (QED) is 0.780. The second-order valence-corrected chi connectivity index (χ2v) is 6.90. The zero-order valence-corrected chi connectivity index (χ0v) is 13.4. The molecule has 0 unspecified atom stereocenters. The summed E-state index contributed by atoms with van der Waals surface area (Å²) < 4.78 is 10.7. The first kappa shape index (κ1) is 16.1. The maximum atomic E-state index is 12.4. The fourth-order valence-corrected chi connectivity index (χ4v) is 3.16. The van der Waals surface area contributed by atoms with E-state index >= 15 is 0 Å². The summed E-state index contributed by atoms with van der Waals surface area (Å²) in [4.78, 5) is 26.3. The van der Waals surface area contributed by atoms with Gasteiger partial charge in [-0.2, -0.15) is 0 Å². The van der Waals surface area contributed by atoms with Gasteiger partial charge in [-0.3, -0.25) is 4.79 Å². The lowest BCUT2D eigenvalue weighted by Gasteiger charge is -2.42. The third kappa shape index (κ3) is 3.31. The summed E-state index contributed by atoms with van der Waals surface area (Å²) in [6.07, 6.45) is 0.446. The molecule has 2 atom stereocenters. The summed E-state index contributed by atoms with van der Waals surface area (Å²) >= 11 is 0. The van der Waals surface area contributed by atoms with Gasteiger partial charge in [0.2, 0.25) is 0 Å². The number of amides is 1.